The molecule has 5 N–H and O–H groups in total. The van der Waals surface area contributed by atoms with Gasteiger partial charge in [-0.05, 0) is 74.9 Å². The predicted molar refractivity (Wildman–Crippen MR) is 186 cm³/mol. The molecule has 3 heterocycles. The van der Waals surface area contributed by atoms with Crippen LogP contribution in [0.1, 0.15) is 94.9 Å². The number of likely N-dealkylation sites (N-methyl/N-ethyl adjacent to an activating group) is 1. The number of carbonyl (C=O) groups is 2. The van der Waals surface area contributed by atoms with Crippen LogP contribution in [-0.2, 0) is 38.0 Å². The van der Waals surface area contributed by atoms with E-state index in [4.69, 9.17) is 28.4 Å². The van der Waals surface area contributed by atoms with E-state index in [0.29, 0.717) is 6.42 Å². The third kappa shape index (κ3) is 9.51. The minimum atomic E-state index is -1.99. The van der Waals surface area contributed by atoms with Crippen LogP contribution in [0.4, 0.5) is 0 Å². The van der Waals surface area contributed by atoms with Gasteiger partial charge in [0.1, 0.15) is 29.7 Å². The van der Waals surface area contributed by atoms with Gasteiger partial charge in [-0.1, -0.05) is 27.7 Å². The Kier molecular flexibility index (Phi) is 14.7. The van der Waals surface area contributed by atoms with Crippen molar-refractivity contribution in [2.24, 2.45) is 23.7 Å². The third-order valence-corrected chi connectivity index (χ3v) is 11.8. The Morgan fingerprint density at radius 2 is 1.49 bits per heavy atom. The summed E-state index contributed by atoms with van der Waals surface area (Å²) in [6.45, 7) is 16.3. The highest BCUT2D eigenvalue weighted by Gasteiger charge is 2.53. The van der Waals surface area contributed by atoms with E-state index in [1.165, 1.54) is 27.9 Å². The zero-order valence-corrected chi connectivity index (χ0v) is 32.9. The molecule has 0 saturated carbocycles. The van der Waals surface area contributed by atoms with Crippen molar-refractivity contribution < 1.29 is 63.5 Å². The van der Waals surface area contributed by atoms with E-state index in [2.05, 4.69) is 0 Å². The van der Waals surface area contributed by atoms with Gasteiger partial charge < -0.3 is 58.9 Å². The average Bonchev–Trinajstić information content (AvgIpc) is 3.05. The summed E-state index contributed by atoms with van der Waals surface area (Å²) in [5.74, 6) is -4.98. The lowest BCUT2D eigenvalue weighted by Crippen LogP contribution is -2.61. The number of ether oxygens (including phenoxy) is 6. The molecule has 0 amide bonds. The van der Waals surface area contributed by atoms with Crippen LogP contribution in [0, 0.1) is 23.7 Å². The molecule has 11 unspecified atom stereocenters. The molecular formula is C37H67NO13. The second-order valence-electron chi connectivity index (χ2n) is 16.5. The third-order valence-electron chi connectivity index (χ3n) is 11.8. The monoisotopic (exact) mass is 733 g/mol. The first-order valence-electron chi connectivity index (χ1n) is 18.5. The molecular weight excluding hydrogens is 666 g/mol. The zero-order chi connectivity index (χ0) is 39.0. The number of hydrogen-bond donors (Lipinski definition) is 5. The van der Waals surface area contributed by atoms with E-state index in [9.17, 15) is 35.1 Å². The van der Waals surface area contributed by atoms with Crippen LogP contribution in [0.15, 0.2) is 0 Å². The van der Waals surface area contributed by atoms with E-state index in [1.807, 2.05) is 25.9 Å². The molecule has 51 heavy (non-hydrogen) atoms. The summed E-state index contributed by atoms with van der Waals surface area (Å²) in [4.78, 5) is 29.8. The lowest BCUT2D eigenvalue weighted by atomic mass is 9.74. The Morgan fingerprint density at radius 1 is 0.882 bits per heavy atom. The highest BCUT2D eigenvalue weighted by Crippen LogP contribution is 2.40. The van der Waals surface area contributed by atoms with E-state index >= 15 is 0 Å². The highest BCUT2D eigenvalue weighted by molar-refractivity contribution is 5.83. The van der Waals surface area contributed by atoms with Gasteiger partial charge in [0.25, 0.3) is 0 Å². The van der Waals surface area contributed by atoms with Crippen LogP contribution in [-0.4, -0.2) is 148 Å². The van der Waals surface area contributed by atoms with Crippen molar-refractivity contribution in [3.8, 4) is 0 Å². The Hall–Kier alpha value is -1.30. The van der Waals surface area contributed by atoms with Gasteiger partial charge in [0, 0.05) is 37.3 Å². The number of aliphatic hydroxyl groups is 5. The molecule has 3 saturated heterocycles. The van der Waals surface area contributed by atoms with Crippen molar-refractivity contribution in [2.75, 3.05) is 21.2 Å². The fourth-order valence-electron chi connectivity index (χ4n) is 8.41. The van der Waals surface area contributed by atoms with Crippen LogP contribution in [0.25, 0.3) is 0 Å². The number of methoxy groups -OCH3 is 1. The highest BCUT2D eigenvalue weighted by atomic mass is 16.7. The normalized spacial score (nSPS) is 49.7. The number of cyclic esters (lactones) is 1. The molecule has 0 bridgehead atoms. The smallest absolute Gasteiger partial charge is 0.311 e. The van der Waals surface area contributed by atoms with E-state index in [-0.39, 0.29) is 31.4 Å². The molecule has 18 atom stereocenters. The molecule has 14 heteroatoms. The molecule has 3 fully saturated rings. The van der Waals surface area contributed by atoms with Crippen LogP contribution < -0.4 is 0 Å². The van der Waals surface area contributed by atoms with Crippen LogP contribution in [0.5, 0.6) is 0 Å². The number of carbonyl (C=O) groups excluding carboxylic acids is 2. The maximum Gasteiger partial charge on any atom is 0.311 e. The van der Waals surface area contributed by atoms with Crippen LogP contribution in [0.2, 0.25) is 0 Å². The molecule has 298 valence electrons. The number of nitrogens with zero attached hydrogens (tertiary/aromatic N) is 1. The van der Waals surface area contributed by atoms with Gasteiger partial charge in [0.05, 0.1) is 47.6 Å². The maximum absolute atomic E-state index is 14.1. The van der Waals surface area contributed by atoms with Gasteiger partial charge in [-0.15, -0.1) is 0 Å². The van der Waals surface area contributed by atoms with Crippen molar-refractivity contribution in [1.82, 2.24) is 4.90 Å². The number of Topliss-reactive ketones (excluding diaryl/α,β-unsaturated/α-hetero) is 1. The molecule has 3 aliphatic heterocycles. The van der Waals surface area contributed by atoms with Gasteiger partial charge in [-0.2, -0.15) is 0 Å². The summed E-state index contributed by atoms with van der Waals surface area (Å²) in [5.41, 5.74) is -4.84. The van der Waals surface area contributed by atoms with Gasteiger partial charge in [-0.3, -0.25) is 9.59 Å². The molecule has 3 rings (SSSR count). The summed E-state index contributed by atoms with van der Waals surface area (Å²) in [7, 11) is 5.18. The predicted octanol–water partition coefficient (Wildman–Crippen LogP) is 1.79. The van der Waals surface area contributed by atoms with Crippen molar-refractivity contribution in [1.29, 1.82) is 0 Å². The minimum absolute atomic E-state index is 0.0936. The second kappa shape index (κ2) is 17.0. The van der Waals surface area contributed by atoms with Crippen molar-refractivity contribution in [2.45, 2.75) is 179 Å². The molecule has 3 aliphatic rings. The van der Waals surface area contributed by atoms with Crippen LogP contribution >= 0.6 is 0 Å². The summed E-state index contributed by atoms with van der Waals surface area (Å²) in [6.07, 6.45) is -9.71. The summed E-state index contributed by atoms with van der Waals surface area (Å²) < 4.78 is 37.1. The van der Waals surface area contributed by atoms with Crippen molar-refractivity contribution in [3.63, 3.8) is 0 Å². The fraction of sp³-hybridized carbons (Fsp3) is 0.946. The zero-order valence-electron chi connectivity index (χ0n) is 32.9. The Morgan fingerprint density at radius 3 is 2.04 bits per heavy atom. The molecule has 0 aromatic rings. The van der Waals surface area contributed by atoms with E-state index < -0.39 is 108 Å². The van der Waals surface area contributed by atoms with Crippen LogP contribution in [0.3, 0.4) is 0 Å². The standard InChI is InChI=1S/C37H67NO13/c1-14-25-37(10,45)30(41)20(4)27(39)18(2)16-35(8,44)32(51-34-28(40)24(38(11)12)15-19(3)47-34)21(5)29(22(6)33(43)49-25)50-26-17-36(9,46-13)31(42)23(7)48-26/h18-26,28-32,34,40-42,44-45H,14-17H2,1-13H3/t18-,19?,20?,21+,22-,23?,24?,25?,26?,28?,29?,30-,31?,32-,34?,35-,36?,37-/m1/s1. The van der Waals surface area contributed by atoms with Gasteiger partial charge in [0.2, 0.25) is 0 Å². The van der Waals surface area contributed by atoms with Gasteiger partial charge >= 0.3 is 5.97 Å². The summed E-state index contributed by atoms with van der Waals surface area (Å²) in [6, 6.07) is -0.324. The van der Waals surface area contributed by atoms with Gasteiger partial charge in [0.15, 0.2) is 12.6 Å². The lowest BCUT2D eigenvalue weighted by molar-refractivity contribution is -0.318. The van der Waals surface area contributed by atoms with Gasteiger partial charge in [-0.25, -0.2) is 0 Å². The lowest BCUT2D eigenvalue weighted by Gasteiger charge is -2.49. The number of aliphatic hydroxyl groups excluding tert-OH is 3. The molecule has 0 aliphatic carbocycles. The first-order chi connectivity index (χ1) is 23.4. The molecule has 0 aromatic carbocycles. The molecule has 0 aromatic heterocycles. The number of rotatable bonds is 7. The van der Waals surface area contributed by atoms with Crippen molar-refractivity contribution >= 4 is 11.8 Å². The SMILES string of the molecule is CCC1OC(=O)[C@H](C)C(OC2CC(C)(OC)C(O)C(C)O2)[C@H](C)[C@@H](OC2OC(C)CC(N(C)C)C2O)[C@](C)(O)C[C@@H](C)C(=O)C(C)[C@@H](O)[C@]1(C)O. The second-order valence-corrected chi connectivity index (χ2v) is 16.5. The van der Waals surface area contributed by atoms with E-state index in [1.54, 1.807) is 41.5 Å². The largest absolute Gasteiger partial charge is 0.459 e. The maximum atomic E-state index is 14.1. The molecule has 0 spiro atoms. The summed E-state index contributed by atoms with van der Waals surface area (Å²) >= 11 is 0. The number of hydrogen-bond acceptors (Lipinski definition) is 14. The molecule has 14 nitrogen and oxygen atoms in total. The summed E-state index contributed by atoms with van der Waals surface area (Å²) in [5, 5.41) is 57.6. The first kappa shape index (κ1) is 44.1. The fourth-order valence-corrected chi connectivity index (χ4v) is 8.41. The number of esters is 1. The van der Waals surface area contributed by atoms with Crippen molar-refractivity contribution in [3.05, 3.63) is 0 Å². The molecule has 0 radical (unpaired) electrons. The Bertz CT molecular complexity index is 1170. The minimum Gasteiger partial charge on any atom is -0.459 e. The first-order valence-corrected chi connectivity index (χ1v) is 18.5. The Labute approximate surface area is 304 Å². The average molecular weight is 734 g/mol. The topological polar surface area (TPSA) is 194 Å². The van der Waals surface area contributed by atoms with E-state index in [0.717, 1.165) is 0 Å². The quantitative estimate of drug-likeness (QED) is 0.238. The Balaban J connectivity index is 2.18. The number of ketones is 1.